The number of benzene rings is 1. The van der Waals surface area contributed by atoms with Gasteiger partial charge < -0.3 is 14.5 Å². The molecule has 0 saturated carbocycles. The zero-order valence-electron chi connectivity index (χ0n) is 13.2. The molecule has 23 heavy (non-hydrogen) atoms. The van der Waals surface area contributed by atoms with E-state index in [0.717, 1.165) is 6.42 Å². The minimum atomic E-state index is -0.337. The average molecular weight is 320 g/mol. The highest BCUT2D eigenvalue weighted by Crippen LogP contribution is 2.32. The first-order valence-electron chi connectivity index (χ1n) is 7.92. The Morgan fingerprint density at radius 1 is 1.39 bits per heavy atom. The van der Waals surface area contributed by atoms with Gasteiger partial charge in [0.1, 0.15) is 5.82 Å². The van der Waals surface area contributed by atoms with Crippen LogP contribution in [0.2, 0.25) is 0 Å². The van der Waals surface area contributed by atoms with Crippen LogP contribution in [0.1, 0.15) is 18.4 Å². The second-order valence-corrected chi connectivity index (χ2v) is 6.10. The standard InChI is InChI=1S/C17H21FN2O3/c1-23-8-7-20-14-5-6-19(15(14)11-17(20)22)16(21)10-12-3-2-4-13(18)9-12/h2-4,9,14-15H,5-8,10-11H2,1H3/t14-,15+/m1/s1. The van der Waals surface area contributed by atoms with Gasteiger partial charge in [-0.05, 0) is 24.1 Å². The van der Waals surface area contributed by atoms with Crippen LogP contribution in [0.15, 0.2) is 24.3 Å². The molecular formula is C17H21FN2O3. The van der Waals surface area contributed by atoms with Crippen molar-refractivity contribution in [1.82, 2.24) is 9.80 Å². The fraction of sp³-hybridized carbons (Fsp3) is 0.529. The summed E-state index contributed by atoms with van der Waals surface area (Å²) in [6.45, 7) is 1.73. The van der Waals surface area contributed by atoms with Gasteiger partial charge in [-0.2, -0.15) is 0 Å². The quantitative estimate of drug-likeness (QED) is 0.819. The Hall–Kier alpha value is -1.95. The molecule has 2 fully saturated rings. The van der Waals surface area contributed by atoms with Crippen molar-refractivity contribution in [3.05, 3.63) is 35.6 Å². The fourth-order valence-electron chi connectivity index (χ4n) is 3.64. The van der Waals surface area contributed by atoms with Crippen molar-refractivity contribution in [2.45, 2.75) is 31.3 Å². The highest BCUT2D eigenvalue weighted by Gasteiger charge is 2.47. The predicted molar refractivity (Wildman–Crippen MR) is 82.2 cm³/mol. The van der Waals surface area contributed by atoms with E-state index in [1.165, 1.54) is 12.1 Å². The van der Waals surface area contributed by atoms with Crippen LogP contribution in [0.4, 0.5) is 4.39 Å². The number of halogens is 1. The van der Waals surface area contributed by atoms with Crippen LogP contribution in [0.5, 0.6) is 0 Å². The molecule has 2 atom stereocenters. The first kappa shape index (κ1) is 15.9. The molecule has 1 aromatic rings. The topological polar surface area (TPSA) is 49.9 Å². The van der Waals surface area contributed by atoms with Crippen molar-refractivity contribution in [2.24, 2.45) is 0 Å². The van der Waals surface area contributed by atoms with Crippen LogP contribution in [0.3, 0.4) is 0 Å². The zero-order chi connectivity index (χ0) is 16.4. The second-order valence-electron chi connectivity index (χ2n) is 6.10. The van der Waals surface area contributed by atoms with E-state index in [2.05, 4.69) is 0 Å². The number of amides is 2. The Bertz CT molecular complexity index is 607. The summed E-state index contributed by atoms with van der Waals surface area (Å²) >= 11 is 0. The minimum Gasteiger partial charge on any atom is -0.383 e. The Morgan fingerprint density at radius 2 is 2.22 bits per heavy atom. The van der Waals surface area contributed by atoms with Crippen LogP contribution >= 0.6 is 0 Å². The minimum absolute atomic E-state index is 0.0375. The van der Waals surface area contributed by atoms with Gasteiger partial charge in [0.15, 0.2) is 0 Å². The zero-order valence-corrected chi connectivity index (χ0v) is 13.2. The highest BCUT2D eigenvalue weighted by atomic mass is 19.1. The number of hydrogen-bond donors (Lipinski definition) is 0. The second kappa shape index (κ2) is 6.66. The number of rotatable bonds is 5. The van der Waals surface area contributed by atoms with E-state index < -0.39 is 0 Å². The molecule has 2 heterocycles. The Balaban J connectivity index is 1.66. The van der Waals surface area contributed by atoms with Crippen LogP contribution < -0.4 is 0 Å². The number of carbonyl (C=O) groups excluding carboxylic acids is 2. The molecule has 0 bridgehead atoms. The molecule has 5 nitrogen and oxygen atoms in total. The summed E-state index contributed by atoms with van der Waals surface area (Å²) in [5.74, 6) is -0.291. The fourth-order valence-corrected chi connectivity index (χ4v) is 3.64. The van der Waals surface area contributed by atoms with E-state index in [9.17, 15) is 14.0 Å². The lowest BCUT2D eigenvalue weighted by molar-refractivity contribution is -0.131. The molecular weight excluding hydrogens is 299 g/mol. The number of methoxy groups -OCH3 is 1. The molecule has 0 radical (unpaired) electrons. The lowest BCUT2D eigenvalue weighted by Gasteiger charge is -2.25. The van der Waals surface area contributed by atoms with Gasteiger partial charge in [0.05, 0.1) is 25.1 Å². The Morgan fingerprint density at radius 3 is 2.96 bits per heavy atom. The molecule has 0 N–H and O–H groups in total. The summed E-state index contributed by atoms with van der Waals surface area (Å²) in [5.41, 5.74) is 0.666. The third kappa shape index (κ3) is 3.22. The first-order valence-corrected chi connectivity index (χ1v) is 7.92. The van der Waals surface area contributed by atoms with E-state index in [4.69, 9.17) is 4.74 Å². The van der Waals surface area contributed by atoms with Crippen molar-refractivity contribution >= 4 is 11.8 Å². The average Bonchev–Trinajstić information content (AvgIpc) is 3.03. The van der Waals surface area contributed by atoms with Gasteiger partial charge in [-0.25, -0.2) is 4.39 Å². The molecule has 124 valence electrons. The van der Waals surface area contributed by atoms with Gasteiger partial charge in [-0.15, -0.1) is 0 Å². The molecule has 2 amide bonds. The summed E-state index contributed by atoms with van der Waals surface area (Å²) in [6.07, 6.45) is 1.35. The molecule has 0 aromatic heterocycles. The number of fused-ring (bicyclic) bond motifs is 1. The Labute approximate surface area is 135 Å². The van der Waals surface area contributed by atoms with Crippen molar-refractivity contribution < 1.29 is 18.7 Å². The van der Waals surface area contributed by atoms with Gasteiger partial charge in [0.25, 0.3) is 0 Å². The predicted octanol–water partition coefficient (Wildman–Crippen LogP) is 1.22. The monoisotopic (exact) mass is 320 g/mol. The largest absolute Gasteiger partial charge is 0.383 e. The lowest BCUT2D eigenvalue weighted by atomic mass is 10.1. The number of hydrogen-bond acceptors (Lipinski definition) is 3. The summed E-state index contributed by atoms with van der Waals surface area (Å²) in [4.78, 5) is 28.3. The molecule has 2 aliphatic rings. The van der Waals surface area contributed by atoms with Gasteiger partial charge in [-0.3, -0.25) is 9.59 Å². The van der Waals surface area contributed by atoms with Gasteiger partial charge in [0.2, 0.25) is 11.8 Å². The summed E-state index contributed by atoms with van der Waals surface area (Å²) in [5, 5.41) is 0. The van der Waals surface area contributed by atoms with E-state index >= 15 is 0 Å². The van der Waals surface area contributed by atoms with Crippen LogP contribution in [0, 0.1) is 5.82 Å². The third-order valence-electron chi connectivity index (χ3n) is 4.72. The van der Waals surface area contributed by atoms with Crippen molar-refractivity contribution in [3.8, 4) is 0 Å². The van der Waals surface area contributed by atoms with Gasteiger partial charge in [-0.1, -0.05) is 12.1 Å². The normalized spacial score (nSPS) is 23.5. The maximum absolute atomic E-state index is 13.2. The van der Waals surface area contributed by atoms with Crippen molar-refractivity contribution in [1.29, 1.82) is 0 Å². The van der Waals surface area contributed by atoms with Crippen LogP contribution in [0.25, 0.3) is 0 Å². The van der Waals surface area contributed by atoms with Crippen molar-refractivity contribution in [2.75, 3.05) is 26.8 Å². The molecule has 2 saturated heterocycles. The summed E-state index contributed by atoms with van der Waals surface area (Å²) in [7, 11) is 1.61. The maximum atomic E-state index is 13.2. The summed E-state index contributed by atoms with van der Waals surface area (Å²) in [6, 6.07) is 6.14. The van der Waals surface area contributed by atoms with E-state index in [0.29, 0.717) is 31.7 Å². The maximum Gasteiger partial charge on any atom is 0.227 e. The molecule has 0 unspecified atom stereocenters. The molecule has 0 aliphatic carbocycles. The van der Waals surface area contributed by atoms with E-state index in [-0.39, 0.29) is 36.1 Å². The van der Waals surface area contributed by atoms with Crippen molar-refractivity contribution in [3.63, 3.8) is 0 Å². The van der Waals surface area contributed by atoms with Gasteiger partial charge >= 0.3 is 0 Å². The molecule has 2 aliphatic heterocycles. The molecule has 1 aromatic carbocycles. The number of likely N-dealkylation sites (tertiary alicyclic amines) is 2. The number of nitrogens with zero attached hydrogens (tertiary/aromatic N) is 2. The third-order valence-corrected chi connectivity index (χ3v) is 4.72. The first-order chi connectivity index (χ1) is 11.1. The molecule has 3 rings (SSSR count). The molecule has 6 heteroatoms. The lowest BCUT2D eigenvalue weighted by Crippen LogP contribution is -2.41. The van der Waals surface area contributed by atoms with Gasteiger partial charge in [0, 0.05) is 26.6 Å². The SMILES string of the molecule is COCCN1C(=O)C[C@H]2[C@H]1CCN2C(=O)Cc1cccc(F)c1. The number of ether oxygens (including phenoxy) is 1. The van der Waals surface area contributed by atoms with Crippen LogP contribution in [-0.4, -0.2) is 60.5 Å². The van der Waals surface area contributed by atoms with Crippen LogP contribution in [-0.2, 0) is 20.7 Å². The number of carbonyl (C=O) groups is 2. The highest BCUT2D eigenvalue weighted by molar-refractivity contribution is 5.84. The smallest absolute Gasteiger partial charge is 0.227 e. The summed E-state index contributed by atoms with van der Waals surface area (Å²) < 4.78 is 18.3. The van der Waals surface area contributed by atoms with E-state index in [1.54, 1.807) is 24.1 Å². The van der Waals surface area contributed by atoms with E-state index in [1.807, 2.05) is 4.90 Å². The Kier molecular flexibility index (Phi) is 4.61. The molecule has 0 spiro atoms.